The van der Waals surface area contributed by atoms with Gasteiger partial charge in [-0.05, 0) is 44.0 Å². The van der Waals surface area contributed by atoms with Crippen LogP contribution in [0.4, 0.5) is 0 Å². The largest absolute Gasteiger partial charge is 0.496 e. The number of hydrogen-bond donors (Lipinski definition) is 0. The first kappa shape index (κ1) is 11.1. The van der Waals surface area contributed by atoms with E-state index in [9.17, 15) is 0 Å². The topological polar surface area (TPSA) is 18.5 Å². The molecule has 0 aliphatic carbocycles. The van der Waals surface area contributed by atoms with Crippen LogP contribution in [0.15, 0.2) is 21.1 Å². The normalized spacial score (nSPS) is 9.85. The molecule has 0 bridgehead atoms. The van der Waals surface area contributed by atoms with Crippen molar-refractivity contribution < 1.29 is 9.47 Å². The van der Waals surface area contributed by atoms with Crippen molar-refractivity contribution in [1.29, 1.82) is 0 Å². The smallest absolute Gasteiger partial charge is 0.162 e. The quantitative estimate of drug-likeness (QED) is 0.785. The average molecular weight is 330 g/mol. The van der Waals surface area contributed by atoms with Crippen molar-refractivity contribution in [3.8, 4) is 11.5 Å². The third-order valence-corrected chi connectivity index (χ3v) is 2.76. The number of halogens is 3. The van der Waals surface area contributed by atoms with Gasteiger partial charge in [-0.25, -0.2) is 0 Å². The van der Waals surface area contributed by atoms with Crippen molar-refractivity contribution in [2.75, 3.05) is 13.2 Å². The monoisotopic (exact) mass is 328 g/mol. The third-order valence-electron chi connectivity index (χ3n) is 1.42. The van der Waals surface area contributed by atoms with E-state index in [1.54, 1.807) is 13.2 Å². The number of rotatable bonds is 3. The van der Waals surface area contributed by atoms with E-state index < -0.39 is 0 Å². The molecule has 0 unspecified atom stereocenters. The van der Waals surface area contributed by atoms with E-state index in [1.807, 2.05) is 6.07 Å². The molecule has 13 heavy (non-hydrogen) atoms. The van der Waals surface area contributed by atoms with Gasteiger partial charge in [0.15, 0.2) is 6.07 Å². The number of hydrogen-bond acceptors (Lipinski definition) is 2. The van der Waals surface area contributed by atoms with Crippen LogP contribution in [0.2, 0.25) is 0 Å². The fourth-order valence-corrected chi connectivity index (χ4v) is 1.87. The zero-order chi connectivity index (χ0) is 9.84. The van der Waals surface area contributed by atoms with E-state index in [4.69, 9.17) is 21.1 Å². The molecule has 0 atom stereocenters. The van der Waals surface area contributed by atoms with E-state index in [2.05, 4.69) is 31.9 Å². The zero-order valence-electron chi connectivity index (χ0n) is 6.81. The van der Waals surface area contributed by atoms with Gasteiger partial charge in [-0.3, -0.25) is 0 Å². The molecule has 0 amide bonds. The highest BCUT2D eigenvalue weighted by Crippen LogP contribution is 2.35. The van der Waals surface area contributed by atoms with E-state index in [0.29, 0.717) is 5.75 Å². The lowest BCUT2D eigenvalue weighted by molar-refractivity contribution is 0.380. The van der Waals surface area contributed by atoms with Crippen molar-refractivity contribution >= 4 is 43.5 Å². The summed E-state index contributed by atoms with van der Waals surface area (Å²) in [5.41, 5.74) is 0. The van der Waals surface area contributed by atoms with Gasteiger partial charge in [0, 0.05) is 0 Å². The van der Waals surface area contributed by atoms with Crippen LogP contribution in [0.5, 0.6) is 11.5 Å². The summed E-state index contributed by atoms with van der Waals surface area (Å²) in [4.78, 5) is 0. The second-order valence-electron chi connectivity index (χ2n) is 2.17. The van der Waals surface area contributed by atoms with E-state index in [0.717, 1.165) is 14.7 Å². The summed E-state index contributed by atoms with van der Waals surface area (Å²) in [5, 5.41) is 0. The molecule has 0 heterocycles. The molecular formula is C8H7Br2ClO2. The van der Waals surface area contributed by atoms with Crippen LogP contribution in [-0.4, -0.2) is 13.2 Å². The van der Waals surface area contributed by atoms with Gasteiger partial charge in [0.25, 0.3) is 0 Å². The highest BCUT2D eigenvalue weighted by Gasteiger charge is 2.07. The van der Waals surface area contributed by atoms with Gasteiger partial charge in [-0.15, -0.1) is 0 Å². The third kappa shape index (κ3) is 2.76. The molecule has 0 saturated carbocycles. The van der Waals surface area contributed by atoms with E-state index >= 15 is 0 Å². The molecule has 0 saturated heterocycles. The minimum absolute atomic E-state index is 0.122. The summed E-state index contributed by atoms with van der Waals surface area (Å²) < 4.78 is 11.9. The summed E-state index contributed by atoms with van der Waals surface area (Å²) in [7, 11) is 1.61. The first-order chi connectivity index (χ1) is 6.19. The van der Waals surface area contributed by atoms with Crippen LogP contribution in [0.3, 0.4) is 0 Å². The number of methoxy groups -OCH3 is 1. The molecule has 0 N–H and O–H groups in total. The Morgan fingerprint density at radius 1 is 1.23 bits per heavy atom. The predicted octanol–water partition coefficient (Wildman–Crippen LogP) is 3.80. The van der Waals surface area contributed by atoms with Crippen molar-refractivity contribution in [3.63, 3.8) is 0 Å². The fraction of sp³-hybridized carbons (Fsp3) is 0.250. The van der Waals surface area contributed by atoms with Gasteiger partial charge in [-0.2, -0.15) is 0 Å². The Balaban J connectivity index is 3.05. The number of benzene rings is 1. The zero-order valence-corrected chi connectivity index (χ0v) is 10.7. The van der Waals surface area contributed by atoms with Crippen LogP contribution in [0.25, 0.3) is 0 Å². The Morgan fingerprint density at radius 3 is 2.31 bits per heavy atom. The van der Waals surface area contributed by atoms with Gasteiger partial charge >= 0.3 is 0 Å². The van der Waals surface area contributed by atoms with Gasteiger partial charge in [0.05, 0.1) is 16.1 Å². The van der Waals surface area contributed by atoms with Crippen LogP contribution in [0.1, 0.15) is 0 Å². The summed E-state index contributed by atoms with van der Waals surface area (Å²) >= 11 is 12.1. The molecule has 0 aliphatic rings. The fourth-order valence-electron chi connectivity index (χ4n) is 0.836. The lowest BCUT2D eigenvalue weighted by atomic mass is 10.3. The summed E-state index contributed by atoms with van der Waals surface area (Å²) in [6, 6.07) is 3.73. The minimum Gasteiger partial charge on any atom is -0.496 e. The van der Waals surface area contributed by atoms with Crippen molar-refractivity contribution in [2.45, 2.75) is 0 Å². The van der Waals surface area contributed by atoms with Crippen molar-refractivity contribution in [1.82, 2.24) is 0 Å². The molecule has 1 aromatic carbocycles. The van der Waals surface area contributed by atoms with Crippen molar-refractivity contribution in [2.24, 2.45) is 0 Å². The molecule has 2 nitrogen and oxygen atoms in total. The molecule has 0 aromatic heterocycles. The molecular weight excluding hydrogens is 323 g/mol. The average Bonchev–Trinajstić information content (AvgIpc) is 2.11. The molecule has 1 aromatic rings. The Hall–Kier alpha value is 0.0700. The maximum absolute atomic E-state index is 5.44. The molecule has 0 aliphatic heterocycles. The molecule has 0 spiro atoms. The minimum atomic E-state index is 0.122. The Labute approximate surface area is 98.4 Å². The Kier molecular flexibility index (Phi) is 4.35. The highest BCUT2D eigenvalue weighted by atomic mass is 79.9. The summed E-state index contributed by atoms with van der Waals surface area (Å²) in [6.45, 7) is 0. The SMILES string of the molecule is COc1cc(Br)c(OCCl)cc1Br. The Morgan fingerprint density at radius 2 is 1.77 bits per heavy atom. The number of ether oxygens (including phenoxy) is 2. The second kappa shape index (κ2) is 5.08. The lowest BCUT2D eigenvalue weighted by Gasteiger charge is -2.08. The standard InChI is InChI=1S/C8H7Br2ClO2/c1-12-7-2-6(10)8(13-4-11)3-5(7)9/h2-3H,4H2,1H3. The van der Waals surface area contributed by atoms with Gasteiger partial charge < -0.3 is 9.47 Å². The van der Waals surface area contributed by atoms with Gasteiger partial charge in [0.1, 0.15) is 11.5 Å². The molecule has 0 radical (unpaired) electrons. The van der Waals surface area contributed by atoms with Crippen LogP contribution in [-0.2, 0) is 0 Å². The van der Waals surface area contributed by atoms with Gasteiger partial charge in [0.2, 0.25) is 0 Å². The predicted molar refractivity (Wildman–Crippen MR) is 59.7 cm³/mol. The molecule has 72 valence electrons. The molecule has 0 fully saturated rings. The highest BCUT2D eigenvalue weighted by molar-refractivity contribution is 9.11. The summed E-state index contributed by atoms with van der Waals surface area (Å²) in [5.74, 6) is 1.43. The molecule has 5 heteroatoms. The van der Waals surface area contributed by atoms with E-state index in [-0.39, 0.29) is 6.07 Å². The van der Waals surface area contributed by atoms with Crippen LogP contribution in [0, 0.1) is 0 Å². The maximum atomic E-state index is 5.44. The second-order valence-corrected chi connectivity index (χ2v) is 4.10. The van der Waals surface area contributed by atoms with Crippen LogP contribution < -0.4 is 9.47 Å². The number of alkyl halides is 1. The first-order valence-electron chi connectivity index (χ1n) is 3.41. The first-order valence-corrected chi connectivity index (χ1v) is 5.53. The van der Waals surface area contributed by atoms with Gasteiger partial charge in [-0.1, -0.05) is 11.6 Å². The maximum Gasteiger partial charge on any atom is 0.162 e. The summed E-state index contributed by atoms with van der Waals surface area (Å²) in [6.07, 6.45) is 0. The van der Waals surface area contributed by atoms with E-state index in [1.165, 1.54) is 0 Å². The Bertz CT molecular complexity index is 304. The van der Waals surface area contributed by atoms with Crippen LogP contribution >= 0.6 is 43.5 Å². The molecule has 1 rings (SSSR count). The lowest BCUT2D eigenvalue weighted by Crippen LogP contribution is -1.92. The van der Waals surface area contributed by atoms with Crippen molar-refractivity contribution in [3.05, 3.63) is 21.1 Å².